The van der Waals surface area contributed by atoms with E-state index in [1.54, 1.807) is 12.4 Å². The molecular weight excluding hydrogens is 431 g/mol. The molecule has 3 aromatic rings. The summed E-state index contributed by atoms with van der Waals surface area (Å²) < 4.78 is 38.2. The van der Waals surface area contributed by atoms with Gasteiger partial charge in [0.25, 0.3) is 0 Å². The van der Waals surface area contributed by atoms with E-state index >= 15 is 0 Å². The number of anilines is 3. The van der Waals surface area contributed by atoms with Gasteiger partial charge in [0.2, 0.25) is 0 Å². The number of halogens is 3. The van der Waals surface area contributed by atoms with Gasteiger partial charge in [0.05, 0.1) is 23.3 Å². The summed E-state index contributed by atoms with van der Waals surface area (Å²) in [5.74, 6) is 0.953. The average molecular weight is 455 g/mol. The first-order valence-electron chi connectivity index (χ1n) is 10.5. The molecule has 0 aliphatic carbocycles. The van der Waals surface area contributed by atoms with Gasteiger partial charge in [-0.05, 0) is 43.5 Å². The summed E-state index contributed by atoms with van der Waals surface area (Å²) in [5, 5.41) is 13.2. The molecule has 0 amide bonds. The second-order valence-corrected chi connectivity index (χ2v) is 7.74. The molecular formula is C23H24F3N7. The topological polar surface area (TPSA) is 81.8 Å². The zero-order valence-corrected chi connectivity index (χ0v) is 17.9. The van der Waals surface area contributed by atoms with Gasteiger partial charge in [-0.15, -0.1) is 0 Å². The largest absolute Gasteiger partial charge is 0.433 e. The van der Waals surface area contributed by atoms with Crippen molar-refractivity contribution in [2.24, 2.45) is 0 Å². The molecule has 3 aromatic heterocycles. The Balaban J connectivity index is 1.40. The minimum absolute atomic E-state index is 0.374. The zero-order valence-electron chi connectivity index (χ0n) is 17.9. The van der Waals surface area contributed by atoms with Gasteiger partial charge < -0.3 is 15.5 Å². The standard InChI is InChI=1S/C23H24F3N7/c1-15(17-6-8-20(27-12-17)23(24,25)26)31-19-14-29-32-22(19)16(2)30-18-7-9-21(28-13-18)33-10-4-3-5-11-33/h6-9,12-14,30-31H,1-5,10-11H2,(H,29,32). The number of nitrogens with zero attached hydrogens (tertiary/aromatic N) is 4. The molecule has 0 bridgehead atoms. The molecule has 0 aromatic carbocycles. The lowest BCUT2D eigenvalue weighted by molar-refractivity contribution is -0.141. The Labute approximate surface area is 189 Å². The third-order valence-corrected chi connectivity index (χ3v) is 5.34. The summed E-state index contributed by atoms with van der Waals surface area (Å²) >= 11 is 0. The first-order valence-corrected chi connectivity index (χ1v) is 10.5. The van der Waals surface area contributed by atoms with Crippen LogP contribution >= 0.6 is 0 Å². The van der Waals surface area contributed by atoms with Crippen LogP contribution in [0.15, 0.2) is 56.0 Å². The van der Waals surface area contributed by atoms with Crippen molar-refractivity contribution in [3.8, 4) is 0 Å². The van der Waals surface area contributed by atoms with E-state index < -0.39 is 11.9 Å². The van der Waals surface area contributed by atoms with E-state index in [2.05, 4.69) is 48.9 Å². The second kappa shape index (κ2) is 9.35. The summed E-state index contributed by atoms with van der Waals surface area (Å²) in [6.45, 7) is 9.98. The number of aromatic nitrogens is 4. The van der Waals surface area contributed by atoms with E-state index in [0.29, 0.717) is 28.3 Å². The molecule has 1 aliphatic rings. The van der Waals surface area contributed by atoms with E-state index in [4.69, 9.17) is 0 Å². The van der Waals surface area contributed by atoms with Gasteiger partial charge in [0, 0.05) is 36.7 Å². The number of hydrogen-bond donors (Lipinski definition) is 3. The van der Waals surface area contributed by atoms with E-state index in [9.17, 15) is 13.2 Å². The minimum atomic E-state index is -4.49. The van der Waals surface area contributed by atoms with Crippen LogP contribution in [0.25, 0.3) is 11.4 Å². The molecule has 7 nitrogen and oxygen atoms in total. The highest BCUT2D eigenvalue weighted by atomic mass is 19.4. The van der Waals surface area contributed by atoms with Gasteiger partial charge in [0.15, 0.2) is 0 Å². The number of rotatable bonds is 7. The van der Waals surface area contributed by atoms with Crippen molar-refractivity contribution in [3.05, 3.63) is 73.0 Å². The smallest absolute Gasteiger partial charge is 0.357 e. The number of pyridine rings is 2. The number of H-pyrrole nitrogens is 1. The van der Waals surface area contributed by atoms with Crippen LogP contribution in [0, 0.1) is 0 Å². The number of piperidine rings is 1. The highest BCUT2D eigenvalue weighted by Crippen LogP contribution is 2.29. The van der Waals surface area contributed by atoms with Crippen LogP contribution in [0.5, 0.6) is 0 Å². The summed E-state index contributed by atoms with van der Waals surface area (Å²) in [6, 6.07) is 6.14. The maximum absolute atomic E-state index is 12.7. The van der Waals surface area contributed by atoms with Crippen LogP contribution < -0.4 is 15.5 Å². The Morgan fingerprint density at radius 3 is 2.36 bits per heavy atom. The first-order chi connectivity index (χ1) is 15.8. The maximum atomic E-state index is 12.7. The van der Waals surface area contributed by atoms with Gasteiger partial charge in [-0.25, -0.2) is 4.98 Å². The fourth-order valence-corrected chi connectivity index (χ4v) is 3.59. The van der Waals surface area contributed by atoms with Crippen molar-refractivity contribution < 1.29 is 13.2 Å². The van der Waals surface area contributed by atoms with Crippen LogP contribution in [0.3, 0.4) is 0 Å². The Morgan fingerprint density at radius 2 is 1.73 bits per heavy atom. The number of aromatic amines is 1. The fraction of sp³-hybridized carbons (Fsp3) is 0.261. The van der Waals surface area contributed by atoms with Crippen LogP contribution in [-0.2, 0) is 6.18 Å². The molecule has 1 aliphatic heterocycles. The Morgan fingerprint density at radius 1 is 0.939 bits per heavy atom. The summed E-state index contributed by atoms with van der Waals surface area (Å²) in [6.07, 6.45) is 3.63. The maximum Gasteiger partial charge on any atom is 0.433 e. The quantitative estimate of drug-likeness (QED) is 0.444. The normalized spacial score (nSPS) is 14.1. The third kappa shape index (κ3) is 5.33. The SMILES string of the molecule is C=C(Nc1c[nH]nc1C(=C)Nc1ccc(N2CCCCC2)nc1)c1ccc(C(F)(F)F)nc1. The van der Waals surface area contributed by atoms with Gasteiger partial charge in [-0.1, -0.05) is 13.2 Å². The molecule has 3 N–H and O–H groups in total. The Hall–Kier alpha value is -3.82. The molecule has 4 heterocycles. The first kappa shape index (κ1) is 22.4. The minimum Gasteiger partial charge on any atom is -0.357 e. The molecule has 0 unspecified atom stereocenters. The van der Waals surface area contributed by atoms with Crippen LogP contribution in [0.4, 0.5) is 30.4 Å². The van der Waals surface area contributed by atoms with Crippen molar-refractivity contribution in [3.63, 3.8) is 0 Å². The monoisotopic (exact) mass is 455 g/mol. The van der Waals surface area contributed by atoms with Crippen molar-refractivity contribution in [2.75, 3.05) is 28.6 Å². The second-order valence-electron chi connectivity index (χ2n) is 7.74. The summed E-state index contributed by atoms with van der Waals surface area (Å²) in [4.78, 5) is 10.3. The Kier molecular flexibility index (Phi) is 6.34. The molecule has 0 radical (unpaired) electrons. The van der Waals surface area contributed by atoms with Gasteiger partial charge >= 0.3 is 6.18 Å². The summed E-state index contributed by atoms with van der Waals surface area (Å²) in [7, 11) is 0. The summed E-state index contributed by atoms with van der Waals surface area (Å²) in [5.41, 5.74) is 2.20. The predicted molar refractivity (Wildman–Crippen MR) is 123 cm³/mol. The van der Waals surface area contributed by atoms with E-state index in [1.807, 2.05) is 12.1 Å². The number of nitrogens with one attached hydrogen (secondary N) is 3. The predicted octanol–water partition coefficient (Wildman–Crippen LogP) is 5.37. The van der Waals surface area contributed by atoms with Crippen LogP contribution in [0.1, 0.15) is 36.2 Å². The third-order valence-electron chi connectivity index (χ3n) is 5.34. The molecule has 10 heteroatoms. The fourth-order valence-electron chi connectivity index (χ4n) is 3.59. The van der Waals surface area contributed by atoms with E-state index in [1.165, 1.54) is 25.3 Å². The van der Waals surface area contributed by atoms with Crippen molar-refractivity contribution in [2.45, 2.75) is 25.4 Å². The molecule has 0 atom stereocenters. The van der Waals surface area contributed by atoms with Crippen LogP contribution in [-0.4, -0.2) is 33.3 Å². The highest BCUT2D eigenvalue weighted by molar-refractivity contribution is 5.84. The molecule has 1 fully saturated rings. The molecule has 1 saturated heterocycles. The zero-order chi connectivity index (χ0) is 23.4. The number of hydrogen-bond acceptors (Lipinski definition) is 6. The average Bonchev–Trinajstić information content (AvgIpc) is 3.28. The molecule has 0 spiro atoms. The molecule has 0 saturated carbocycles. The molecule has 33 heavy (non-hydrogen) atoms. The lowest BCUT2D eigenvalue weighted by Gasteiger charge is -2.27. The van der Waals surface area contributed by atoms with Crippen molar-refractivity contribution in [1.82, 2.24) is 20.2 Å². The molecule has 4 rings (SSSR count). The molecule has 172 valence electrons. The van der Waals surface area contributed by atoms with E-state index in [0.717, 1.165) is 36.9 Å². The van der Waals surface area contributed by atoms with Gasteiger partial charge in [0.1, 0.15) is 17.2 Å². The lowest BCUT2D eigenvalue weighted by atomic mass is 10.1. The lowest BCUT2D eigenvalue weighted by Crippen LogP contribution is -2.30. The van der Waals surface area contributed by atoms with E-state index in [-0.39, 0.29) is 0 Å². The van der Waals surface area contributed by atoms with Gasteiger partial charge in [-0.2, -0.15) is 18.3 Å². The number of alkyl halides is 3. The Bertz CT molecular complexity index is 1110. The van der Waals surface area contributed by atoms with Crippen molar-refractivity contribution in [1.29, 1.82) is 0 Å². The van der Waals surface area contributed by atoms with Crippen LogP contribution in [0.2, 0.25) is 0 Å². The highest BCUT2D eigenvalue weighted by Gasteiger charge is 2.32. The van der Waals surface area contributed by atoms with Gasteiger partial charge in [-0.3, -0.25) is 10.1 Å². The van der Waals surface area contributed by atoms with Crippen molar-refractivity contribution >= 4 is 28.6 Å².